The number of morpholine rings is 1. The highest BCUT2D eigenvalue weighted by molar-refractivity contribution is 6.02. The summed E-state index contributed by atoms with van der Waals surface area (Å²) in [6.07, 6.45) is 2.50. The van der Waals surface area contributed by atoms with Crippen LogP contribution in [0.5, 0.6) is 0 Å². The molecule has 0 amide bonds. The van der Waals surface area contributed by atoms with Gasteiger partial charge in [-0.25, -0.2) is 9.78 Å². The first-order valence-electron chi connectivity index (χ1n) is 10.6. The van der Waals surface area contributed by atoms with Crippen molar-refractivity contribution in [3.8, 4) is 0 Å². The highest BCUT2D eigenvalue weighted by Crippen LogP contribution is 2.15. The molecule has 1 N–H and O–H groups in total. The first-order valence-corrected chi connectivity index (χ1v) is 10.6. The Balaban J connectivity index is 1.83. The van der Waals surface area contributed by atoms with Crippen LogP contribution < -0.4 is 11.0 Å². The molecule has 3 aromatic rings. The van der Waals surface area contributed by atoms with Crippen molar-refractivity contribution in [3.63, 3.8) is 0 Å². The van der Waals surface area contributed by atoms with E-state index in [2.05, 4.69) is 9.88 Å². The molecule has 0 atom stereocenters. The van der Waals surface area contributed by atoms with Crippen LogP contribution in [-0.2, 0) is 16.0 Å². The number of nitrogens with one attached hydrogen (secondary N) is 1. The minimum absolute atomic E-state index is 0.0830. The summed E-state index contributed by atoms with van der Waals surface area (Å²) in [6.45, 7) is 8.42. The summed E-state index contributed by atoms with van der Waals surface area (Å²) in [7, 11) is 0. The number of hydrogen-bond donors (Lipinski definition) is 1. The van der Waals surface area contributed by atoms with Crippen LogP contribution in [-0.4, -0.2) is 64.3 Å². The van der Waals surface area contributed by atoms with Crippen LogP contribution in [0, 0.1) is 12.3 Å². The van der Waals surface area contributed by atoms with E-state index in [-0.39, 0.29) is 28.6 Å². The Labute approximate surface area is 179 Å². The van der Waals surface area contributed by atoms with Crippen molar-refractivity contribution in [2.75, 3.05) is 39.5 Å². The predicted octanol–water partition coefficient (Wildman–Crippen LogP) is 1.34. The molecule has 0 unspecified atom stereocenters. The maximum atomic E-state index is 13.4. The van der Waals surface area contributed by atoms with Crippen molar-refractivity contribution in [1.82, 2.24) is 18.9 Å². The van der Waals surface area contributed by atoms with Gasteiger partial charge in [-0.1, -0.05) is 6.07 Å². The zero-order valence-corrected chi connectivity index (χ0v) is 17.9. The number of aromatic nitrogens is 3. The second-order valence-corrected chi connectivity index (χ2v) is 7.67. The third kappa shape index (κ3) is 4.24. The molecule has 31 heavy (non-hydrogen) atoms. The van der Waals surface area contributed by atoms with Crippen LogP contribution >= 0.6 is 0 Å². The molecule has 4 heterocycles. The average Bonchev–Trinajstić information content (AvgIpc) is 2.76. The van der Waals surface area contributed by atoms with Crippen LogP contribution in [0.1, 0.15) is 29.3 Å². The lowest BCUT2D eigenvalue weighted by molar-refractivity contribution is 0.0369. The number of hydrogen-bond acceptors (Lipinski definition) is 7. The Morgan fingerprint density at radius 3 is 2.77 bits per heavy atom. The molecule has 0 aliphatic carbocycles. The SMILES string of the molecule is CCOC(=O)c1cc(=N)n(CCCN2CCOCC2)c2nc3ccc(C)cn3c(=O)c12. The molecular weight excluding hydrogens is 398 g/mol. The maximum Gasteiger partial charge on any atom is 0.339 e. The van der Waals surface area contributed by atoms with E-state index in [4.69, 9.17) is 14.9 Å². The van der Waals surface area contributed by atoms with Gasteiger partial charge in [-0.3, -0.25) is 19.5 Å². The molecule has 9 heteroatoms. The van der Waals surface area contributed by atoms with E-state index in [9.17, 15) is 9.59 Å². The molecule has 1 saturated heterocycles. The molecule has 0 bridgehead atoms. The Bertz CT molecular complexity index is 1240. The summed E-state index contributed by atoms with van der Waals surface area (Å²) in [5.74, 6) is -0.618. The second kappa shape index (κ2) is 8.99. The predicted molar refractivity (Wildman–Crippen MR) is 115 cm³/mol. The average molecular weight is 425 g/mol. The largest absolute Gasteiger partial charge is 0.462 e. The van der Waals surface area contributed by atoms with E-state index in [0.717, 1.165) is 44.8 Å². The molecule has 1 fully saturated rings. The van der Waals surface area contributed by atoms with Crippen molar-refractivity contribution in [2.45, 2.75) is 26.8 Å². The monoisotopic (exact) mass is 425 g/mol. The van der Waals surface area contributed by atoms with Crippen LogP contribution in [0.25, 0.3) is 16.7 Å². The standard InChI is InChI=1S/C22H27N5O4/c1-3-31-22(29)16-13-17(23)26(8-4-7-25-9-11-30-12-10-25)20-19(16)21(28)27-14-15(2)5-6-18(27)24-20/h5-6,13-14,23H,3-4,7-12H2,1-2H3. The zero-order chi connectivity index (χ0) is 22.0. The molecule has 0 aromatic carbocycles. The van der Waals surface area contributed by atoms with Gasteiger partial charge in [-0.15, -0.1) is 0 Å². The van der Waals surface area contributed by atoms with Gasteiger partial charge in [0.15, 0.2) is 0 Å². The molecule has 3 aromatic heterocycles. The number of aryl methyl sites for hydroxylation is 2. The lowest BCUT2D eigenvalue weighted by atomic mass is 10.1. The number of nitrogens with zero attached hydrogens (tertiary/aromatic N) is 4. The zero-order valence-electron chi connectivity index (χ0n) is 17.9. The van der Waals surface area contributed by atoms with Gasteiger partial charge >= 0.3 is 5.97 Å². The molecule has 4 rings (SSSR count). The van der Waals surface area contributed by atoms with Crippen molar-refractivity contribution < 1.29 is 14.3 Å². The third-order valence-electron chi connectivity index (χ3n) is 5.50. The quantitative estimate of drug-likeness (QED) is 0.472. The summed E-state index contributed by atoms with van der Waals surface area (Å²) in [5.41, 5.74) is 1.59. The minimum Gasteiger partial charge on any atom is -0.462 e. The fourth-order valence-electron chi connectivity index (χ4n) is 3.94. The molecule has 1 aliphatic rings. The number of fused-ring (bicyclic) bond motifs is 2. The highest BCUT2D eigenvalue weighted by atomic mass is 16.5. The third-order valence-corrected chi connectivity index (χ3v) is 5.50. The molecule has 1 aliphatic heterocycles. The number of esters is 1. The van der Waals surface area contributed by atoms with Crippen LogP contribution in [0.4, 0.5) is 0 Å². The van der Waals surface area contributed by atoms with Crippen molar-refractivity contribution in [2.24, 2.45) is 0 Å². The van der Waals surface area contributed by atoms with Crippen molar-refractivity contribution in [1.29, 1.82) is 5.41 Å². The Kier molecular flexibility index (Phi) is 6.15. The second-order valence-electron chi connectivity index (χ2n) is 7.67. The lowest BCUT2D eigenvalue weighted by Gasteiger charge is -2.26. The van der Waals surface area contributed by atoms with Crippen molar-refractivity contribution in [3.05, 3.63) is 51.4 Å². The summed E-state index contributed by atoms with van der Waals surface area (Å²) in [5, 5.41) is 8.71. The topological polar surface area (TPSA) is 102 Å². The fourth-order valence-corrected chi connectivity index (χ4v) is 3.94. The van der Waals surface area contributed by atoms with Crippen LogP contribution in [0.15, 0.2) is 29.2 Å². The van der Waals surface area contributed by atoms with Crippen LogP contribution in [0.2, 0.25) is 0 Å². The van der Waals surface area contributed by atoms with Gasteiger partial charge in [0, 0.05) is 32.4 Å². The Morgan fingerprint density at radius 1 is 1.26 bits per heavy atom. The van der Waals surface area contributed by atoms with Crippen molar-refractivity contribution >= 4 is 22.6 Å². The van der Waals surface area contributed by atoms with Crippen LogP contribution in [0.3, 0.4) is 0 Å². The molecule has 9 nitrogen and oxygen atoms in total. The minimum atomic E-state index is -0.618. The van der Waals surface area contributed by atoms with E-state index in [1.807, 2.05) is 13.0 Å². The number of pyridine rings is 2. The van der Waals surface area contributed by atoms with Gasteiger partial charge < -0.3 is 14.0 Å². The van der Waals surface area contributed by atoms with Gasteiger partial charge in [0.1, 0.15) is 16.8 Å². The smallest absolute Gasteiger partial charge is 0.339 e. The fraction of sp³-hybridized carbons (Fsp3) is 0.455. The van der Waals surface area contributed by atoms with Gasteiger partial charge in [0.05, 0.1) is 30.8 Å². The van der Waals surface area contributed by atoms with E-state index < -0.39 is 5.97 Å². The molecule has 164 valence electrons. The van der Waals surface area contributed by atoms with E-state index >= 15 is 0 Å². The van der Waals surface area contributed by atoms with E-state index in [0.29, 0.717) is 17.8 Å². The number of carbonyl (C=O) groups is 1. The van der Waals surface area contributed by atoms with Gasteiger partial charge in [0.25, 0.3) is 5.56 Å². The molecular formula is C22H27N5O4. The molecule has 0 radical (unpaired) electrons. The van der Waals surface area contributed by atoms with Gasteiger partial charge in [0.2, 0.25) is 0 Å². The first-order chi connectivity index (χ1) is 15.0. The lowest BCUT2D eigenvalue weighted by Crippen LogP contribution is -2.37. The maximum absolute atomic E-state index is 13.4. The molecule has 0 saturated carbocycles. The number of ether oxygens (including phenoxy) is 2. The Hall–Kier alpha value is -3.04. The van der Waals surface area contributed by atoms with E-state index in [1.165, 1.54) is 10.5 Å². The summed E-state index contributed by atoms with van der Waals surface area (Å²) in [4.78, 5) is 33.0. The Morgan fingerprint density at radius 2 is 2.03 bits per heavy atom. The van der Waals surface area contributed by atoms with Gasteiger partial charge in [-0.2, -0.15) is 0 Å². The summed E-state index contributed by atoms with van der Waals surface area (Å²) in [6, 6.07) is 5.07. The number of carbonyl (C=O) groups excluding carboxylic acids is 1. The first kappa shape index (κ1) is 21.2. The summed E-state index contributed by atoms with van der Waals surface area (Å²) < 4.78 is 13.7. The highest BCUT2D eigenvalue weighted by Gasteiger charge is 2.20. The number of rotatable bonds is 6. The van der Waals surface area contributed by atoms with E-state index in [1.54, 1.807) is 23.8 Å². The molecule has 0 spiro atoms. The van der Waals surface area contributed by atoms with Gasteiger partial charge in [-0.05, 0) is 38.0 Å². The summed E-state index contributed by atoms with van der Waals surface area (Å²) >= 11 is 0. The normalized spacial score (nSPS) is 14.9.